The molecular weight excluding hydrogens is 142 g/mol. The van der Waals surface area contributed by atoms with Crippen LogP contribution in [0.3, 0.4) is 0 Å². The molecule has 64 valence electrons. The summed E-state index contributed by atoms with van der Waals surface area (Å²) in [5.41, 5.74) is 0. The van der Waals surface area contributed by atoms with E-state index in [-0.39, 0.29) is 11.8 Å². The molecule has 0 bridgehead atoms. The summed E-state index contributed by atoms with van der Waals surface area (Å²) in [5, 5.41) is 12.0. The van der Waals surface area contributed by atoms with Crippen LogP contribution in [0.1, 0.15) is 26.7 Å². The molecule has 1 saturated carbocycles. The largest absolute Gasteiger partial charge is 0.383 e. The number of nitrogens with one attached hydrogen (secondary N) is 1. The van der Waals surface area contributed by atoms with Crippen molar-refractivity contribution in [3.05, 3.63) is 0 Å². The second kappa shape index (κ2) is 3.22. The second-order valence-electron chi connectivity index (χ2n) is 3.47. The molecule has 0 radical (unpaired) electrons. The number of aliphatic hydroxyl groups is 1. The lowest BCUT2D eigenvalue weighted by molar-refractivity contribution is -0.131. The van der Waals surface area contributed by atoms with Gasteiger partial charge in [-0.3, -0.25) is 4.79 Å². The van der Waals surface area contributed by atoms with Crippen LogP contribution in [-0.4, -0.2) is 23.2 Å². The average Bonchev–Trinajstić information content (AvgIpc) is 2.69. The van der Waals surface area contributed by atoms with E-state index in [0.717, 1.165) is 12.8 Å². The van der Waals surface area contributed by atoms with Gasteiger partial charge in [-0.05, 0) is 18.8 Å². The second-order valence-corrected chi connectivity index (χ2v) is 3.47. The molecule has 0 aliphatic heterocycles. The van der Waals surface area contributed by atoms with Crippen LogP contribution < -0.4 is 5.32 Å². The predicted octanol–water partition coefficient (Wildman–Crippen LogP) is 0.282. The molecular formula is C8H15NO2. The van der Waals surface area contributed by atoms with Crippen molar-refractivity contribution >= 4 is 5.91 Å². The molecule has 1 atom stereocenters. The average molecular weight is 157 g/mol. The van der Waals surface area contributed by atoms with Gasteiger partial charge in [0.15, 0.2) is 0 Å². The SMILES string of the molecule is CC(C)[C@@H](O)C(=O)NC1CC1. The molecule has 0 aromatic carbocycles. The van der Waals surface area contributed by atoms with E-state index in [4.69, 9.17) is 0 Å². The number of hydrogen-bond acceptors (Lipinski definition) is 2. The first kappa shape index (κ1) is 8.53. The highest BCUT2D eigenvalue weighted by Gasteiger charge is 2.27. The standard InChI is InChI=1S/C8H15NO2/c1-5(2)7(10)8(11)9-6-3-4-6/h5-7,10H,3-4H2,1-2H3,(H,9,11)/t7-/m1/s1. The molecule has 0 spiro atoms. The summed E-state index contributed by atoms with van der Waals surface area (Å²) in [6.45, 7) is 3.66. The van der Waals surface area contributed by atoms with Crippen molar-refractivity contribution < 1.29 is 9.90 Å². The van der Waals surface area contributed by atoms with Crippen LogP contribution in [0, 0.1) is 5.92 Å². The number of aliphatic hydroxyl groups excluding tert-OH is 1. The minimum absolute atomic E-state index is 0.00810. The highest BCUT2D eigenvalue weighted by atomic mass is 16.3. The number of amides is 1. The molecule has 0 heterocycles. The van der Waals surface area contributed by atoms with Crippen molar-refractivity contribution in [2.45, 2.75) is 38.8 Å². The minimum Gasteiger partial charge on any atom is -0.383 e. The van der Waals surface area contributed by atoms with Crippen LogP contribution >= 0.6 is 0 Å². The molecule has 3 nitrogen and oxygen atoms in total. The lowest BCUT2D eigenvalue weighted by Gasteiger charge is -2.13. The number of hydrogen-bond donors (Lipinski definition) is 2. The molecule has 0 aromatic heterocycles. The predicted molar refractivity (Wildman–Crippen MR) is 42.0 cm³/mol. The molecule has 1 aliphatic rings. The van der Waals surface area contributed by atoms with Crippen LogP contribution in [0.4, 0.5) is 0 Å². The van der Waals surface area contributed by atoms with Crippen molar-refractivity contribution in [1.82, 2.24) is 5.32 Å². The summed E-state index contributed by atoms with van der Waals surface area (Å²) < 4.78 is 0. The Balaban J connectivity index is 2.26. The Labute approximate surface area is 66.8 Å². The lowest BCUT2D eigenvalue weighted by atomic mass is 10.1. The zero-order chi connectivity index (χ0) is 8.43. The Morgan fingerprint density at radius 1 is 1.55 bits per heavy atom. The van der Waals surface area contributed by atoms with Gasteiger partial charge in [0.05, 0.1) is 0 Å². The van der Waals surface area contributed by atoms with Crippen molar-refractivity contribution in [3.63, 3.8) is 0 Å². The Hall–Kier alpha value is -0.570. The summed E-state index contributed by atoms with van der Waals surface area (Å²) in [6.07, 6.45) is 1.29. The van der Waals surface area contributed by atoms with Gasteiger partial charge in [0.1, 0.15) is 6.10 Å². The maximum atomic E-state index is 11.1. The topological polar surface area (TPSA) is 49.3 Å². The summed E-state index contributed by atoms with van der Waals surface area (Å²) >= 11 is 0. The Morgan fingerprint density at radius 2 is 2.09 bits per heavy atom. The van der Waals surface area contributed by atoms with Crippen molar-refractivity contribution in [2.24, 2.45) is 5.92 Å². The molecule has 11 heavy (non-hydrogen) atoms. The van der Waals surface area contributed by atoms with E-state index in [0.29, 0.717) is 6.04 Å². The Bertz CT molecular complexity index is 152. The van der Waals surface area contributed by atoms with Gasteiger partial charge < -0.3 is 10.4 Å². The summed E-state index contributed by atoms with van der Waals surface area (Å²) in [5.74, 6) is -0.212. The smallest absolute Gasteiger partial charge is 0.249 e. The molecule has 0 saturated heterocycles. The fraction of sp³-hybridized carbons (Fsp3) is 0.875. The molecule has 2 N–H and O–H groups in total. The molecule has 0 unspecified atom stereocenters. The maximum absolute atomic E-state index is 11.1. The van der Waals surface area contributed by atoms with Crippen LogP contribution in [0.25, 0.3) is 0 Å². The molecule has 3 heteroatoms. The van der Waals surface area contributed by atoms with Gasteiger partial charge in [-0.2, -0.15) is 0 Å². The quantitative estimate of drug-likeness (QED) is 0.618. The Kier molecular flexibility index (Phi) is 2.49. The zero-order valence-electron chi connectivity index (χ0n) is 7.00. The molecule has 1 amide bonds. The van der Waals surface area contributed by atoms with Gasteiger partial charge in [0.2, 0.25) is 5.91 Å². The van der Waals surface area contributed by atoms with Gasteiger partial charge in [-0.25, -0.2) is 0 Å². The maximum Gasteiger partial charge on any atom is 0.249 e. The summed E-state index contributed by atoms with van der Waals surface area (Å²) in [7, 11) is 0. The number of carbonyl (C=O) groups excluding carboxylic acids is 1. The number of rotatable bonds is 3. The van der Waals surface area contributed by atoms with Gasteiger partial charge in [-0.1, -0.05) is 13.8 Å². The molecule has 1 aliphatic carbocycles. The van der Waals surface area contributed by atoms with Gasteiger partial charge in [0.25, 0.3) is 0 Å². The highest BCUT2D eigenvalue weighted by Crippen LogP contribution is 2.19. The van der Waals surface area contributed by atoms with Crippen molar-refractivity contribution in [3.8, 4) is 0 Å². The lowest BCUT2D eigenvalue weighted by Crippen LogP contribution is -2.38. The van der Waals surface area contributed by atoms with Gasteiger partial charge >= 0.3 is 0 Å². The third kappa shape index (κ3) is 2.50. The minimum atomic E-state index is -0.837. The first-order chi connectivity index (χ1) is 5.11. The summed E-state index contributed by atoms with van der Waals surface area (Å²) in [6, 6.07) is 0.343. The van der Waals surface area contributed by atoms with E-state index in [1.807, 2.05) is 13.8 Å². The molecule has 1 fully saturated rings. The number of carbonyl (C=O) groups is 1. The molecule has 1 rings (SSSR count). The fourth-order valence-corrected chi connectivity index (χ4v) is 0.817. The third-order valence-electron chi connectivity index (χ3n) is 1.82. The van der Waals surface area contributed by atoms with Crippen LogP contribution in [0.15, 0.2) is 0 Å². The first-order valence-electron chi connectivity index (χ1n) is 4.09. The van der Waals surface area contributed by atoms with E-state index >= 15 is 0 Å². The molecule has 0 aromatic rings. The van der Waals surface area contributed by atoms with E-state index in [1.165, 1.54) is 0 Å². The van der Waals surface area contributed by atoms with Crippen molar-refractivity contribution in [2.75, 3.05) is 0 Å². The van der Waals surface area contributed by atoms with Gasteiger partial charge in [0, 0.05) is 6.04 Å². The van der Waals surface area contributed by atoms with E-state index in [2.05, 4.69) is 5.32 Å². The fourth-order valence-electron chi connectivity index (χ4n) is 0.817. The van der Waals surface area contributed by atoms with Crippen molar-refractivity contribution in [1.29, 1.82) is 0 Å². The first-order valence-corrected chi connectivity index (χ1v) is 4.09. The van der Waals surface area contributed by atoms with E-state index in [1.54, 1.807) is 0 Å². The Morgan fingerprint density at radius 3 is 2.45 bits per heavy atom. The van der Waals surface area contributed by atoms with E-state index in [9.17, 15) is 9.90 Å². The highest BCUT2D eigenvalue weighted by molar-refractivity contribution is 5.81. The van der Waals surface area contributed by atoms with Crippen LogP contribution in [0.2, 0.25) is 0 Å². The third-order valence-corrected chi connectivity index (χ3v) is 1.82. The van der Waals surface area contributed by atoms with Crippen LogP contribution in [-0.2, 0) is 4.79 Å². The zero-order valence-corrected chi connectivity index (χ0v) is 7.00. The monoisotopic (exact) mass is 157 g/mol. The normalized spacial score (nSPS) is 20.0. The van der Waals surface area contributed by atoms with Crippen LogP contribution in [0.5, 0.6) is 0 Å². The van der Waals surface area contributed by atoms with Gasteiger partial charge in [-0.15, -0.1) is 0 Å². The summed E-state index contributed by atoms with van der Waals surface area (Å²) in [4.78, 5) is 11.1. The van der Waals surface area contributed by atoms with E-state index < -0.39 is 6.10 Å².